The van der Waals surface area contributed by atoms with Gasteiger partial charge in [-0.05, 0) is 6.07 Å². The molecule has 0 saturated carbocycles. The Bertz CT molecular complexity index is 1010. The molecule has 0 radical (unpaired) electrons. The van der Waals surface area contributed by atoms with Crippen molar-refractivity contribution in [1.82, 2.24) is 34.6 Å². The normalized spacial score (nSPS) is 11.1. The van der Waals surface area contributed by atoms with Gasteiger partial charge in [0.1, 0.15) is 5.52 Å². The standard InChI is InChI=1S/C15H15N9O/c1-9-20-12(23-25-9)7-19-14-13-11(21-15(16)22-14)2-5-24(13)8-10-6-17-3-4-18-10/h2-6H,7-8H2,1H3,(H3,16,19,21,22). The van der Waals surface area contributed by atoms with Crippen molar-refractivity contribution >= 4 is 22.8 Å². The summed E-state index contributed by atoms with van der Waals surface area (Å²) in [5, 5.41) is 7.06. The Morgan fingerprint density at radius 1 is 1.24 bits per heavy atom. The number of anilines is 2. The third-order valence-corrected chi connectivity index (χ3v) is 3.56. The maximum Gasteiger partial charge on any atom is 0.223 e. The molecule has 126 valence electrons. The van der Waals surface area contributed by atoms with Crippen LogP contribution in [-0.4, -0.2) is 34.6 Å². The minimum atomic E-state index is 0.191. The lowest BCUT2D eigenvalue weighted by Crippen LogP contribution is -2.09. The predicted molar refractivity (Wildman–Crippen MR) is 89.4 cm³/mol. The van der Waals surface area contributed by atoms with E-state index in [9.17, 15) is 0 Å². The molecule has 4 aromatic heterocycles. The second-order valence-corrected chi connectivity index (χ2v) is 5.39. The first-order valence-electron chi connectivity index (χ1n) is 7.59. The van der Waals surface area contributed by atoms with Crippen LogP contribution < -0.4 is 11.1 Å². The third kappa shape index (κ3) is 3.09. The van der Waals surface area contributed by atoms with Crippen LogP contribution in [0.1, 0.15) is 17.4 Å². The highest BCUT2D eigenvalue weighted by Gasteiger charge is 2.13. The van der Waals surface area contributed by atoms with Crippen molar-refractivity contribution in [3.8, 4) is 0 Å². The molecule has 0 saturated heterocycles. The van der Waals surface area contributed by atoms with Crippen molar-refractivity contribution in [2.24, 2.45) is 0 Å². The Kier molecular flexibility index (Phi) is 3.69. The van der Waals surface area contributed by atoms with Crippen molar-refractivity contribution in [3.05, 3.63) is 48.3 Å². The minimum Gasteiger partial charge on any atom is -0.368 e. The summed E-state index contributed by atoms with van der Waals surface area (Å²) in [6.45, 7) is 2.64. The number of fused-ring (bicyclic) bond motifs is 1. The molecule has 0 bridgehead atoms. The van der Waals surface area contributed by atoms with Gasteiger partial charge in [-0.1, -0.05) is 5.16 Å². The van der Waals surface area contributed by atoms with Gasteiger partial charge in [-0.15, -0.1) is 0 Å². The summed E-state index contributed by atoms with van der Waals surface area (Å²) in [7, 11) is 0. The number of hydrogen-bond acceptors (Lipinski definition) is 9. The van der Waals surface area contributed by atoms with Gasteiger partial charge in [0.2, 0.25) is 11.8 Å². The zero-order valence-electron chi connectivity index (χ0n) is 13.4. The number of aryl methyl sites for hydroxylation is 1. The van der Waals surface area contributed by atoms with Crippen molar-refractivity contribution in [2.45, 2.75) is 20.0 Å². The highest BCUT2D eigenvalue weighted by molar-refractivity contribution is 5.87. The summed E-state index contributed by atoms with van der Waals surface area (Å²) in [6.07, 6.45) is 6.94. The summed E-state index contributed by atoms with van der Waals surface area (Å²) in [4.78, 5) is 21.1. The highest BCUT2D eigenvalue weighted by atomic mass is 16.5. The Morgan fingerprint density at radius 3 is 2.92 bits per heavy atom. The number of hydrogen-bond donors (Lipinski definition) is 2. The number of nitrogens with one attached hydrogen (secondary N) is 1. The molecular weight excluding hydrogens is 322 g/mol. The maximum absolute atomic E-state index is 5.82. The van der Waals surface area contributed by atoms with E-state index in [2.05, 4.69) is 35.4 Å². The molecule has 0 aliphatic rings. The lowest BCUT2D eigenvalue weighted by Gasteiger charge is -2.10. The smallest absolute Gasteiger partial charge is 0.223 e. The van der Waals surface area contributed by atoms with Gasteiger partial charge in [0, 0.05) is 25.5 Å². The average Bonchev–Trinajstić information content (AvgIpc) is 3.20. The number of rotatable bonds is 5. The summed E-state index contributed by atoms with van der Waals surface area (Å²) in [6, 6.07) is 1.88. The Morgan fingerprint density at radius 2 is 2.16 bits per heavy atom. The van der Waals surface area contributed by atoms with E-state index in [1.54, 1.807) is 25.5 Å². The van der Waals surface area contributed by atoms with Gasteiger partial charge >= 0.3 is 0 Å². The van der Waals surface area contributed by atoms with Crippen LogP contribution in [0.25, 0.3) is 11.0 Å². The molecule has 0 fully saturated rings. The largest absolute Gasteiger partial charge is 0.368 e. The molecule has 0 aliphatic carbocycles. The zero-order valence-corrected chi connectivity index (χ0v) is 13.4. The predicted octanol–water partition coefficient (Wildman–Crippen LogP) is 1.16. The van der Waals surface area contributed by atoms with Crippen LogP contribution in [0, 0.1) is 6.92 Å². The molecule has 4 heterocycles. The molecule has 25 heavy (non-hydrogen) atoms. The van der Waals surface area contributed by atoms with Gasteiger partial charge in [-0.2, -0.15) is 9.97 Å². The van der Waals surface area contributed by atoms with E-state index in [0.29, 0.717) is 30.6 Å². The lowest BCUT2D eigenvalue weighted by molar-refractivity contribution is 0.388. The minimum absolute atomic E-state index is 0.191. The zero-order chi connectivity index (χ0) is 17.2. The van der Waals surface area contributed by atoms with Crippen LogP contribution >= 0.6 is 0 Å². The monoisotopic (exact) mass is 337 g/mol. The van der Waals surface area contributed by atoms with Gasteiger partial charge in [-0.3, -0.25) is 9.97 Å². The Balaban J connectivity index is 1.68. The van der Waals surface area contributed by atoms with Crippen molar-refractivity contribution in [1.29, 1.82) is 0 Å². The third-order valence-electron chi connectivity index (χ3n) is 3.56. The highest BCUT2D eigenvalue weighted by Crippen LogP contribution is 2.23. The van der Waals surface area contributed by atoms with Crippen LogP contribution in [-0.2, 0) is 13.1 Å². The first-order chi connectivity index (χ1) is 12.2. The van der Waals surface area contributed by atoms with Crippen molar-refractivity contribution in [3.63, 3.8) is 0 Å². The van der Waals surface area contributed by atoms with Crippen molar-refractivity contribution in [2.75, 3.05) is 11.1 Å². The van der Waals surface area contributed by atoms with Gasteiger partial charge < -0.3 is 20.1 Å². The van der Waals surface area contributed by atoms with E-state index in [1.807, 2.05) is 16.8 Å². The van der Waals surface area contributed by atoms with Gasteiger partial charge in [-0.25, -0.2) is 4.98 Å². The van der Waals surface area contributed by atoms with Crippen molar-refractivity contribution < 1.29 is 4.52 Å². The van der Waals surface area contributed by atoms with Crippen LogP contribution in [0.4, 0.5) is 11.8 Å². The second-order valence-electron chi connectivity index (χ2n) is 5.39. The molecule has 0 amide bonds. The van der Waals surface area contributed by atoms with Gasteiger partial charge in [0.15, 0.2) is 11.6 Å². The molecule has 4 aromatic rings. The maximum atomic E-state index is 5.82. The van der Waals surface area contributed by atoms with E-state index < -0.39 is 0 Å². The molecule has 0 unspecified atom stereocenters. The van der Waals surface area contributed by atoms with E-state index in [-0.39, 0.29) is 5.95 Å². The number of aromatic nitrogens is 7. The Labute approximate surface area is 142 Å². The molecule has 0 aromatic carbocycles. The number of nitrogens with two attached hydrogens (primary N) is 1. The SMILES string of the molecule is Cc1nc(CNc2nc(N)nc3ccn(Cc4cnccn4)c23)no1. The topological polar surface area (TPSA) is 133 Å². The summed E-state index contributed by atoms with van der Waals surface area (Å²) in [5.41, 5.74) is 8.20. The fourth-order valence-electron chi connectivity index (χ4n) is 2.54. The molecular formula is C15H15N9O. The molecule has 0 aliphatic heterocycles. The fraction of sp³-hybridized carbons (Fsp3) is 0.200. The van der Waals surface area contributed by atoms with E-state index in [4.69, 9.17) is 10.3 Å². The molecule has 3 N–H and O–H groups in total. The molecule has 0 spiro atoms. The molecule has 4 rings (SSSR count). The fourth-order valence-corrected chi connectivity index (χ4v) is 2.54. The lowest BCUT2D eigenvalue weighted by atomic mass is 10.4. The first-order valence-corrected chi connectivity index (χ1v) is 7.59. The molecule has 10 nitrogen and oxygen atoms in total. The number of nitrogen functional groups attached to an aromatic ring is 1. The summed E-state index contributed by atoms with van der Waals surface area (Å²) in [5.74, 6) is 1.83. The van der Waals surface area contributed by atoms with Crippen LogP contribution in [0.15, 0.2) is 35.4 Å². The van der Waals surface area contributed by atoms with Crippen LogP contribution in [0.3, 0.4) is 0 Å². The van der Waals surface area contributed by atoms with Gasteiger partial charge in [0.05, 0.1) is 30.5 Å². The molecule has 0 atom stereocenters. The van der Waals surface area contributed by atoms with Gasteiger partial charge in [0.25, 0.3) is 0 Å². The first kappa shape index (κ1) is 15.0. The van der Waals surface area contributed by atoms with E-state index in [0.717, 1.165) is 16.7 Å². The summed E-state index contributed by atoms with van der Waals surface area (Å²) >= 11 is 0. The number of nitrogens with zero attached hydrogens (tertiary/aromatic N) is 7. The average molecular weight is 337 g/mol. The van der Waals surface area contributed by atoms with E-state index >= 15 is 0 Å². The second kappa shape index (κ2) is 6.15. The molecule has 10 heteroatoms. The van der Waals surface area contributed by atoms with E-state index in [1.165, 1.54) is 0 Å². The Hall–Kier alpha value is -3.56. The van der Waals surface area contributed by atoms with Crippen LogP contribution in [0.5, 0.6) is 0 Å². The summed E-state index contributed by atoms with van der Waals surface area (Å²) < 4.78 is 6.96. The quantitative estimate of drug-likeness (QED) is 0.550. The van der Waals surface area contributed by atoms with Crippen LogP contribution in [0.2, 0.25) is 0 Å².